The number of rotatable bonds is 3. The van der Waals surface area contributed by atoms with E-state index < -0.39 is 0 Å². The van der Waals surface area contributed by atoms with Crippen molar-refractivity contribution in [3.63, 3.8) is 0 Å². The van der Waals surface area contributed by atoms with Crippen LogP contribution < -0.4 is 0 Å². The van der Waals surface area contributed by atoms with Gasteiger partial charge in [-0.3, -0.25) is 0 Å². The fourth-order valence-electron chi connectivity index (χ4n) is 2.70. The molecule has 0 aromatic heterocycles. The maximum atomic E-state index is 6.50. The van der Waals surface area contributed by atoms with E-state index in [0.717, 1.165) is 17.4 Å². The molecule has 0 bridgehead atoms. The molecule has 1 atom stereocenters. The molecule has 2 heteroatoms. The van der Waals surface area contributed by atoms with Crippen LogP contribution in [0, 0.1) is 5.92 Å². The topological polar surface area (TPSA) is 0 Å². The lowest BCUT2D eigenvalue weighted by Gasteiger charge is -2.18. The lowest BCUT2D eigenvalue weighted by Crippen LogP contribution is -2.03. The van der Waals surface area contributed by atoms with Gasteiger partial charge in [0, 0.05) is 5.02 Å². The molecule has 17 heavy (non-hydrogen) atoms. The molecule has 0 nitrogen and oxygen atoms in total. The van der Waals surface area contributed by atoms with Crippen LogP contribution in [0.15, 0.2) is 24.3 Å². The van der Waals surface area contributed by atoms with Gasteiger partial charge in [-0.25, -0.2) is 0 Å². The molecule has 1 fully saturated rings. The Morgan fingerprint density at radius 2 is 1.59 bits per heavy atom. The predicted molar refractivity (Wildman–Crippen MR) is 75.9 cm³/mol. The Kier molecular flexibility index (Phi) is 5.18. The zero-order chi connectivity index (χ0) is 12.1. The van der Waals surface area contributed by atoms with E-state index in [1.165, 1.54) is 44.1 Å². The van der Waals surface area contributed by atoms with Crippen molar-refractivity contribution in [3.05, 3.63) is 34.9 Å². The van der Waals surface area contributed by atoms with Crippen molar-refractivity contribution in [2.45, 2.75) is 50.3 Å². The van der Waals surface area contributed by atoms with E-state index in [-0.39, 0.29) is 5.38 Å². The normalized spacial score (nSPS) is 19.9. The number of hydrogen-bond donors (Lipinski definition) is 0. The monoisotopic (exact) mass is 270 g/mol. The smallest absolute Gasteiger partial charge is 0.0587 e. The van der Waals surface area contributed by atoms with Gasteiger partial charge in [0.1, 0.15) is 0 Å². The third kappa shape index (κ3) is 4.19. The molecule has 1 aromatic rings. The minimum atomic E-state index is 0.148. The summed E-state index contributed by atoms with van der Waals surface area (Å²) in [5.74, 6) is 0.815. The van der Waals surface area contributed by atoms with Gasteiger partial charge in [0.25, 0.3) is 0 Å². The first-order chi connectivity index (χ1) is 8.25. The second-order valence-corrected chi connectivity index (χ2v) is 6.08. The number of hydrogen-bond acceptors (Lipinski definition) is 0. The molecule has 0 aliphatic heterocycles. The summed E-state index contributed by atoms with van der Waals surface area (Å²) in [4.78, 5) is 0. The molecule has 0 amide bonds. The molecule has 0 radical (unpaired) electrons. The van der Waals surface area contributed by atoms with Crippen LogP contribution in [0.2, 0.25) is 5.02 Å². The van der Waals surface area contributed by atoms with E-state index in [0.29, 0.717) is 0 Å². The molecular weight excluding hydrogens is 251 g/mol. The van der Waals surface area contributed by atoms with Crippen LogP contribution in [0.25, 0.3) is 0 Å². The van der Waals surface area contributed by atoms with Crippen LogP contribution in [0.1, 0.15) is 55.9 Å². The van der Waals surface area contributed by atoms with Crippen LogP contribution in [0.3, 0.4) is 0 Å². The number of halogens is 2. The molecule has 0 N–H and O–H groups in total. The summed E-state index contributed by atoms with van der Waals surface area (Å²) in [5, 5.41) is 0.933. The third-order valence-electron chi connectivity index (χ3n) is 3.75. The summed E-state index contributed by atoms with van der Waals surface area (Å²) < 4.78 is 0. The Balaban J connectivity index is 1.91. The van der Waals surface area contributed by atoms with Gasteiger partial charge in [-0.15, -0.1) is 11.6 Å². The molecule has 0 spiro atoms. The molecule has 1 aliphatic rings. The summed E-state index contributed by atoms with van der Waals surface area (Å²) in [6, 6.07) is 7.96. The van der Waals surface area contributed by atoms with Crippen molar-refractivity contribution in [1.82, 2.24) is 0 Å². The Morgan fingerprint density at radius 3 is 2.18 bits per heavy atom. The van der Waals surface area contributed by atoms with Crippen molar-refractivity contribution in [1.29, 1.82) is 0 Å². The summed E-state index contributed by atoms with van der Waals surface area (Å²) in [6.45, 7) is 0. The first-order valence-electron chi connectivity index (χ1n) is 6.65. The largest absolute Gasteiger partial charge is 0.118 e. The van der Waals surface area contributed by atoms with Gasteiger partial charge < -0.3 is 0 Å². The van der Waals surface area contributed by atoms with Crippen LogP contribution in [0.5, 0.6) is 0 Å². The quantitative estimate of drug-likeness (QED) is 0.468. The summed E-state index contributed by atoms with van der Waals surface area (Å²) >= 11 is 12.4. The second-order valence-electron chi connectivity index (χ2n) is 5.11. The van der Waals surface area contributed by atoms with Gasteiger partial charge in [-0.2, -0.15) is 0 Å². The van der Waals surface area contributed by atoms with Crippen molar-refractivity contribution >= 4 is 23.2 Å². The van der Waals surface area contributed by atoms with Gasteiger partial charge in [0.2, 0.25) is 0 Å². The van der Waals surface area contributed by atoms with E-state index in [4.69, 9.17) is 23.2 Å². The summed E-state index contributed by atoms with van der Waals surface area (Å²) in [7, 11) is 0. The van der Waals surface area contributed by atoms with E-state index in [9.17, 15) is 0 Å². The van der Waals surface area contributed by atoms with Gasteiger partial charge in [-0.1, -0.05) is 62.3 Å². The first kappa shape index (κ1) is 13.2. The van der Waals surface area contributed by atoms with E-state index in [2.05, 4.69) is 12.1 Å². The standard InChI is InChI=1S/C15H20Cl2/c16-14-9-7-13(8-10-14)15(17)11-12-5-3-1-2-4-6-12/h7-10,12,15H,1-6,11H2. The van der Waals surface area contributed by atoms with Crippen molar-refractivity contribution in [2.75, 3.05) is 0 Å². The summed E-state index contributed by atoms with van der Waals surface area (Å²) in [5.41, 5.74) is 1.21. The van der Waals surface area contributed by atoms with Crippen LogP contribution in [0.4, 0.5) is 0 Å². The average Bonchev–Trinajstić information content (AvgIpc) is 2.58. The first-order valence-corrected chi connectivity index (χ1v) is 7.46. The zero-order valence-corrected chi connectivity index (χ0v) is 11.7. The molecular formula is C15H20Cl2. The Bertz CT molecular complexity index is 323. The molecule has 1 aliphatic carbocycles. The molecule has 2 rings (SSSR count). The highest BCUT2D eigenvalue weighted by atomic mass is 35.5. The number of alkyl halides is 1. The lowest BCUT2D eigenvalue weighted by atomic mass is 9.92. The average molecular weight is 271 g/mol. The second kappa shape index (κ2) is 6.66. The Labute approximate surface area is 114 Å². The maximum absolute atomic E-state index is 6.50. The van der Waals surface area contributed by atoms with Crippen LogP contribution in [-0.2, 0) is 0 Å². The number of benzene rings is 1. The Morgan fingerprint density at radius 1 is 1.00 bits per heavy atom. The van der Waals surface area contributed by atoms with Crippen molar-refractivity contribution in [3.8, 4) is 0 Å². The predicted octanol–water partition coefficient (Wildman–Crippen LogP) is 5.98. The molecule has 1 saturated carbocycles. The van der Waals surface area contributed by atoms with Gasteiger partial charge in [-0.05, 0) is 30.0 Å². The van der Waals surface area contributed by atoms with E-state index in [1.54, 1.807) is 0 Å². The highest BCUT2D eigenvalue weighted by Gasteiger charge is 2.17. The molecule has 0 heterocycles. The van der Waals surface area contributed by atoms with Crippen molar-refractivity contribution < 1.29 is 0 Å². The van der Waals surface area contributed by atoms with Gasteiger partial charge in [0.05, 0.1) is 5.38 Å². The third-order valence-corrected chi connectivity index (χ3v) is 4.43. The fraction of sp³-hybridized carbons (Fsp3) is 0.600. The van der Waals surface area contributed by atoms with E-state index in [1.807, 2.05) is 12.1 Å². The minimum Gasteiger partial charge on any atom is -0.118 e. The zero-order valence-electron chi connectivity index (χ0n) is 10.2. The molecule has 0 saturated heterocycles. The Hall–Kier alpha value is -0.200. The highest BCUT2D eigenvalue weighted by molar-refractivity contribution is 6.30. The highest BCUT2D eigenvalue weighted by Crippen LogP contribution is 2.34. The van der Waals surface area contributed by atoms with Gasteiger partial charge >= 0.3 is 0 Å². The van der Waals surface area contributed by atoms with Crippen LogP contribution >= 0.6 is 23.2 Å². The summed E-state index contributed by atoms with van der Waals surface area (Å²) in [6.07, 6.45) is 9.41. The molecule has 94 valence electrons. The fourth-order valence-corrected chi connectivity index (χ4v) is 3.22. The lowest BCUT2D eigenvalue weighted by molar-refractivity contribution is 0.423. The maximum Gasteiger partial charge on any atom is 0.0587 e. The van der Waals surface area contributed by atoms with Crippen molar-refractivity contribution in [2.24, 2.45) is 5.92 Å². The molecule has 1 aromatic carbocycles. The van der Waals surface area contributed by atoms with E-state index >= 15 is 0 Å². The van der Waals surface area contributed by atoms with Crippen LogP contribution in [-0.4, -0.2) is 0 Å². The SMILES string of the molecule is Clc1ccc(C(Cl)CC2CCCCCC2)cc1. The van der Waals surface area contributed by atoms with Gasteiger partial charge in [0.15, 0.2) is 0 Å². The molecule has 1 unspecified atom stereocenters. The minimum absolute atomic E-state index is 0.148.